The van der Waals surface area contributed by atoms with Crippen LogP contribution in [-0.4, -0.2) is 6.61 Å². The Bertz CT molecular complexity index is 238. The summed E-state index contributed by atoms with van der Waals surface area (Å²) >= 11 is 0. The quantitative estimate of drug-likeness (QED) is 0.467. The van der Waals surface area contributed by atoms with Gasteiger partial charge >= 0.3 is 0 Å². The minimum absolute atomic E-state index is 0.332. The molecule has 0 saturated carbocycles. The van der Waals surface area contributed by atoms with Crippen LogP contribution in [0.2, 0.25) is 0 Å². The normalized spacial score (nSPS) is 12.0. The van der Waals surface area contributed by atoms with E-state index in [-0.39, 0.29) is 5.83 Å². The van der Waals surface area contributed by atoms with Gasteiger partial charge < -0.3 is 4.74 Å². The lowest BCUT2D eigenvalue weighted by molar-refractivity contribution is 0.220. The second kappa shape index (κ2) is 5.57. The standard InChI is InChI=1S/C11H17FO/c1-6-7-13-10(5)9(4)11(12)8(2)3/h2,5-7H2,1,3-4H3/b11-9+. The lowest BCUT2D eigenvalue weighted by atomic mass is 10.1. The third-order valence-electron chi connectivity index (χ3n) is 1.60. The van der Waals surface area contributed by atoms with Crippen molar-refractivity contribution in [3.63, 3.8) is 0 Å². The molecule has 0 aliphatic rings. The Morgan fingerprint density at radius 1 is 1.31 bits per heavy atom. The summed E-state index contributed by atoms with van der Waals surface area (Å²) in [5, 5.41) is 0. The molecule has 0 radical (unpaired) electrons. The van der Waals surface area contributed by atoms with Crippen molar-refractivity contribution in [2.24, 2.45) is 0 Å². The Labute approximate surface area is 79.6 Å². The molecule has 0 heterocycles. The van der Waals surface area contributed by atoms with E-state index in [1.165, 1.54) is 0 Å². The van der Waals surface area contributed by atoms with Gasteiger partial charge in [0.15, 0.2) is 0 Å². The lowest BCUT2D eigenvalue weighted by Gasteiger charge is -2.09. The minimum atomic E-state index is -0.332. The van der Waals surface area contributed by atoms with Crippen molar-refractivity contribution < 1.29 is 9.13 Å². The maximum atomic E-state index is 13.2. The van der Waals surface area contributed by atoms with Gasteiger partial charge in [-0.1, -0.05) is 20.1 Å². The second-order valence-electron chi connectivity index (χ2n) is 2.99. The number of hydrogen-bond donors (Lipinski definition) is 0. The van der Waals surface area contributed by atoms with Crippen LogP contribution >= 0.6 is 0 Å². The Kier molecular flexibility index (Phi) is 5.12. The summed E-state index contributed by atoms with van der Waals surface area (Å²) in [7, 11) is 0. The summed E-state index contributed by atoms with van der Waals surface area (Å²) in [6.07, 6.45) is 0.890. The number of allylic oxidation sites excluding steroid dienone is 3. The van der Waals surface area contributed by atoms with Crippen LogP contribution in [0.15, 0.2) is 35.9 Å². The molecule has 0 aromatic heterocycles. The summed E-state index contributed by atoms with van der Waals surface area (Å²) < 4.78 is 18.4. The van der Waals surface area contributed by atoms with E-state index in [4.69, 9.17) is 4.74 Å². The first-order valence-corrected chi connectivity index (χ1v) is 4.35. The topological polar surface area (TPSA) is 9.23 Å². The molecular formula is C11H17FO. The summed E-state index contributed by atoms with van der Waals surface area (Å²) in [6, 6.07) is 0. The van der Waals surface area contributed by atoms with Crippen LogP contribution in [-0.2, 0) is 4.74 Å². The highest BCUT2D eigenvalue weighted by molar-refractivity contribution is 5.33. The van der Waals surface area contributed by atoms with Crippen molar-refractivity contribution >= 4 is 0 Å². The number of halogens is 1. The zero-order valence-corrected chi connectivity index (χ0v) is 8.61. The molecule has 0 amide bonds. The van der Waals surface area contributed by atoms with Crippen LogP contribution in [0.5, 0.6) is 0 Å². The third-order valence-corrected chi connectivity index (χ3v) is 1.60. The predicted molar refractivity (Wildman–Crippen MR) is 54.0 cm³/mol. The molecule has 2 heteroatoms. The van der Waals surface area contributed by atoms with Gasteiger partial charge in [0.05, 0.1) is 6.61 Å². The van der Waals surface area contributed by atoms with E-state index in [1.54, 1.807) is 13.8 Å². The van der Waals surface area contributed by atoms with Gasteiger partial charge in [-0.05, 0) is 25.8 Å². The van der Waals surface area contributed by atoms with Crippen molar-refractivity contribution in [3.05, 3.63) is 35.9 Å². The Hall–Kier alpha value is -1.05. The molecule has 13 heavy (non-hydrogen) atoms. The number of ether oxygens (including phenoxy) is 1. The van der Waals surface area contributed by atoms with Gasteiger partial charge in [0.2, 0.25) is 0 Å². The molecule has 1 nitrogen and oxygen atoms in total. The van der Waals surface area contributed by atoms with E-state index >= 15 is 0 Å². The average Bonchev–Trinajstić information content (AvgIpc) is 2.11. The lowest BCUT2D eigenvalue weighted by Crippen LogP contribution is -1.96. The van der Waals surface area contributed by atoms with E-state index in [1.807, 2.05) is 6.92 Å². The summed E-state index contributed by atoms with van der Waals surface area (Å²) in [4.78, 5) is 0. The smallest absolute Gasteiger partial charge is 0.132 e. The van der Waals surface area contributed by atoms with Gasteiger partial charge in [0.25, 0.3) is 0 Å². The van der Waals surface area contributed by atoms with Gasteiger partial charge in [-0.3, -0.25) is 0 Å². The molecule has 0 N–H and O–H groups in total. The maximum Gasteiger partial charge on any atom is 0.132 e. The zero-order chi connectivity index (χ0) is 10.4. The first-order valence-electron chi connectivity index (χ1n) is 4.35. The van der Waals surface area contributed by atoms with E-state index in [9.17, 15) is 4.39 Å². The van der Waals surface area contributed by atoms with Crippen molar-refractivity contribution in [1.29, 1.82) is 0 Å². The maximum absolute atomic E-state index is 13.2. The van der Waals surface area contributed by atoms with Gasteiger partial charge in [-0.15, -0.1) is 0 Å². The molecule has 0 fully saturated rings. The van der Waals surface area contributed by atoms with Crippen molar-refractivity contribution in [2.45, 2.75) is 27.2 Å². The SMILES string of the molecule is C=C(OCCC)/C(C)=C(/F)C(=C)C. The van der Waals surface area contributed by atoms with Crippen molar-refractivity contribution in [2.75, 3.05) is 6.61 Å². The summed E-state index contributed by atoms with van der Waals surface area (Å²) in [5.41, 5.74) is 0.833. The fraction of sp³-hybridized carbons (Fsp3) is 0.455. The van der Waals surface area contributed by atoms with E-state index in [0.717, 1.165) is 6.42 Å². The Balaban J connectivity index is 4.40. The molecule has 0 aliphatic carbocycles. The van der Waals surface area contributed by atoms with Gasteiger partial charge in [-0.25, -0.2) is 4.39 Å². The molecule has 0 aromatic rings. The molecule has 0 aromatic carbocycles. The molecule has 0 atom stereocenters. The van der Waals surface area contributed by atoms with Gasteiger partial charge in [-0.2, -0.15) is 0 Å². The van der Waals surface area contributed by atoms with Crippen LogP contribution in [0, 0.1) is 0 Å². The largest absolute Gasteiger partial charge is 0.494 e. The van der Waals surface area contributed by atoms with E-state index in [2.05, 4.69) is 13.2 Å². The monoisotopic (exact) mass is 184 g/mol. The number of hydrogen-bond acceptors (Lipinski definition) is 1. The molecule has 0 unspecified atom stereocenters. The Morgan fingerprint density at radius 3 is 2.23 bits per heavy atom. The van der Waals surface area contributed by atoms with Crippen LogP contribution < -0.4 is 0 Å². The number of rotatable bonds is 5. The Morgan fingerprint density at radius 2 is 1.85 bits per heavy atom. The highest BCUT2D eigenvalue weighted by Gasteiger charge is 2.06. The first-order chi connectivity index (χ1) is 6.00. The highest BCUT2D eigenvalue weighted by atomic mass is 19.1. The molecule has 0 spiro atoms. The third kappa shape index (κ3) is 3.92. The van der Waals surface area contributed by atoms with Crippen LogP contribution in [0.4, 0.5) is 4.39 Å². The fourth-order valence-electron chi connectivity index (χ4n) is 0.776. The molecule has 0 rings (SSSR count). The molecule has 0 aliphatic heterocycles. The van der Waals surface area contributed by atoms with Crippen LogP contribution in [0.25, 0.3) is 0 Å². The van der Waals surface area contributed by atoms with Crippen LogP contribution in [0.3, 0.4) is 0 Å². The zero-order valence-electron chi connectivity index (χ0n) is 8.61. The fourth-order valence-corrected chi connectivity index (χ4v) is 0.776. The molecular weight excluding hydrogens is 167 g/mol. The first kappa shape index (κ1) is 11.9. The van der Waals surface area contributed by atoms with Crippen LogP contribution in [0.1, 0.15) is 27.2 Å². The van der Waals surface area contributed by atoms with E-state index in [0.29, 0.717) is 23.5 Å². The highest BCUT2D eigenvalue weighted by Crippen LogP contribution is 2.20. The molecule has 74 valence electrons. The van der Waals surface area contributed by atoms with Gasteiger partial charge in [0.1, 0.15) is 11.6 Å². The molecule has 0 bridgehead atoms. The van der Waals surface area contributed by atoms with E-state index < -0.39 is 0 Å². The van der Waals surface area contributed by atoms with Crippen molar-refractivity contribution in [3.8, 4) is 0 Å². The predicted octanol–water partition coefficient (Wildman–Crippen LogP) is 3.75. The minimum Gasteiger partial charge on any atom is -0.494 e. The molecule has 0 saturated heterocycles. The van der Waals surface area contributed by atoms with Gasteiger partial charge in [0, 0.05) is 5.57 Å². The van der Waals surface area contributed by atoms with Crippen molar-refractivity contribution in [1.82, 2.24) is 0 Å². The second-order valence-corrected chi connectivity index (χ2v) is 2.99. The summed E-state index contributed by atoms with van der Waals surface area (Å²) in [5.74, 6) is 0.0588. The average molecular weight is 184 g/mol. The summed E-state index contributed by atoms with van der Waals surface area (Å²) in [6.45, 7) is 13.0.